The van der Waals surface area contributed by atoms with Gasteiger partial charge in [0.1, 0.15) is 15.4 Å². The summed E-state index contributed by atoms with van der Waals surface area (Å²) in [5, 5.41) is 13.6. The van der Waals surface area contributed by atoms with Crippen LogP contribution in [0.15, 0.2) is 34.7 Å². The van der Waals surface area contributed by atoms with Gasteiger partial charge in [-0.15, -0.1) is 22.7 Å². The Morgan fingerprint density at radius 3 is 2.94 bits per heavy atom. The predicted molar refractivity (Wildman–Crippen MR) is 137 cm³/mol. The summed E-state index contributed by atoms with van der Waals surface area (Å²) in [5.74, 6) is -0.382. The van der Waals surface area contributed by atoms with Gasteiger partial charge in [0.05, 0.1) is 35.3 Å². The Kier molecular flexibility index (Phi) is 5.91. The van der Waals surface area contributed by atoms with E-state index in [1.165, 1.54) is 33.6 Å². The molecule has 5 rings (SSSR count). The number of aryl methyl sites for hydroxylation is 1. The smallest absolute Gasteiger partial charge is 0.350 e. The number of carbonyl (C=O) groups is 1. The van der Waals surface area contributed by atoms with Gasteiger partial charge in [-0.1, -0.05) is 12.1 Å². The highest BCUT2D eigenvalue weighted by Crippen LogP contribution is 2.32. The summed E-state index contributed by atoms with van der Waals surface area (Å²) in [6.45, 7) is 2.26. The number of thiazole rings is 2. The number of esters is 1. The van der Waals surface area contributed by atoms with Crippen LogP contribution >= 0.6 is 22.7 Å². The molecule has 0 unspecified atom stereocenters. The maximum Gasteiger partial charge on any atom is 0.350 e. The molecule has 12 heteroatoms. The second-order valence-electron chi connectivity index (χ2n) is 7.78. The van der Waals surface area contributed by atoms with Crippen LogP contribution in [-0.4, -0.2) is 43.1 Å². The number of hydrogen-bond donors (Lipinski definition) is 2. The molecule has 0 amide bonds. The van der Waals surface area contributed by atoms with E-state index >= 15 is 0 Å². The standard InChI is InChI=1S/C23H21N7O3S2/c1-3-33-23(32)20-16(26-11-34-20)7-17-28-21-19(35-17)14-9-27-30(22(31)18(14)29(21)2)10-12-5-4-6-15(25)13(12)8-24/h4-6,8-9,11,24H,3,7,10,25H2,1-2H3. The topological polar surface area (TPSA) is 142 Å². The van der Waals surface area contributed by atoms with Crippen molar-refractivity contribution in [2.24, 2.45) is 7.05 Å². The lowest BCUT2D eigenvalue weighted by Gasteiger charge is -2.10. The summed E-state index contributed by atoms with van der Waals surface area (Å²) < 4.78 is 9.12. The number of carbonyl (C=O) groups excluding carboxylic acids is 1. The molecule has 0 spiro atoms. The molecule has 0 radical (unpaired) electrons. The molecule has 0 aliphatic carbocycles. The first-order valence-electron chi connectivity index (χ1n) is 10.7. The normalized spacial score (nSPS) is 11.4. The molecule has 4 aromatic heterocycles. The van der Waals surface area contributed by atoms with E-state index in [2.05, 4.69) is 10.1 Å². The largest absolute Gasteiger partial charge is 0.462 e. The van der Waals surface area contributed by atoms with Crippen LogP contribution in [0, 0.1) is 5.41 Å². The number of nitrogen functional groups attached to an aromatic ring is 1. The number of aromatic nitrogens is 5. The lowest BCUT2D eigenvalue weighted by molar-refractivity contribution is 0.0530. The van der Waals surface area contributed by atoms with Crippen molar-refractivity contribution in [3.8, 4) is 0 Å². The number of benzene rings is 1. The number of rotatable bonds is 7. The van der Waals surface area contributed by atoms with E-state index in [-0.39, 0.29) is 18.1 Å². The molecule has 0 saturated carbocycles. The van der Waals surface area contributed by atoms with Gasteiger partial charge in [0.2, 0.25) is 0 Å². The van der Waals surface area contributed by atoms with Crippen LogP contribution in [-0.2, 0) is 24.8 Å². The van der Waals surface area contributed by atoms with Gasteiger partial charge in [0.25, 0.3) is 5.56 Å². The fourth-order valence-corrected chi connectivity index (χ4v) is 5.84. The number of nitrogens with one attached hydrogen (secondary N) is 1. The highest BCUT2D eigenvalue weighted by molar-refractivity contribution is 7.19. The third-order valence-electron chi connectivity index (χ3n) is 5.68. The molecule has 178 valence electrons. The molecule has 4 heterocycles. The van der Waals surface area contributed by atoms with E-state index in [1.54, 1.807) is 42.4 Å². The minimum absolute atomic E-state index is 0.197. The Morgan fingerprint density at radius 2 is 2.17 bits per heavy atom. The van der Waals surface area contributed by atoms with Crippen molar-refractivity contribution in [2.75, 3.05) is 12.3 Å². The van der Waals surface area contributed by atoms with E-state index in [4.69, 9.17) is 20.9 Å². The van der Waals surface area contributed by atoms with Crippen LogP contribution in [0.3, 0.4) is 0 Å². The van der Waals surface area contributed by atoms with Crippen LogP contribution in [0.1, 0.15) is 38.4 Å². The maximum atomic E-state index is 13.3. The van der Waals surface area contributed by atoms with E-state index < -0.39 is 0 Å². The van der Waals surface area contributed by atoms with Crippen molar-refractivity contribution in [2.45, 2.75) is 19.9 Å². The SMILES string of the molecule is CCOC(=O)c1scnc1Cc1nc2c(s1)c1cnn(Cc3cccc(N)c3C=N)c(=O)c1n2C. The van der Waals surface area contributed by atoms with Crippen molar-refractivity contribution < 1.29 is 9.53 Å². The van der Waals surface area contributed by atoms with Gasteiger partial charge in [-0.3, -0.25) is 4.79 Å². The van der Waals surface area contributed by atoms with Crippen LogP contribution in [0.4, 0.5) is 5.69 Å². The Balaban J connectivity index is 1.52. The first-order chi connectivity index (χ1) is 16.9. The highest BCUT2D eigenvalue weighted by Gasteiger charge is 2.21. The molecule has 0 saturated heterocycles. The Labute approximate surface area is 207 Å². The molecule has 0 bridgehead atoms. The van der Waals surface area contributed by atoms with E-state index in [0.29, 0.717) is 46.0 Å². The monoisotopic (exact) mass is 507 g/mol. The Hall–Kier alpha value is -3.90. The lowest BCUT2D eigenvalue weighted by Crippen LogP contribution is -2.25. The molecule has 0 aliphatic heterocycles. The van der Waals surface area contributed by atoms with Gasteiger partial charge < -0.3 is 20.4 Å². The summed E-state index contributed by atoms with van der Waals surface area (Å²) >= 11 is 2.70. The minimum atomic E-state index is -0.382. The van der Waals surface area contributed by atoms with Crippen molar-refractivity contribution in [1.29, 1.82) is 5.41 Å². The lowest BCUT2D eigenvalue weighted by atomic mass is 10.1. The van der Waals surface area contributed by atoms with Crippen LogP contribution in [0.25, 0.3) is 21.3 Å². The number of fused-ring (bicyclic) bond motifs is 3. The quantitative estimate of drug-likeness (QED) is 0.196. The third-order valence-corrected chi connectivity index (χ3v) is 7.61. The molecule has 0 fully saturated rings. The van der Waals surface area contributed by atoms with Gasteiger partial charge in [-0.25, -0.2) is 19.4 Å². The van der Waals surface area contributed by atoms with Gasteiger partial charge in [0.15, 0.2) is 5.65 Å². The van der Waals surface area contributed by atoms with Crippen LogP contribution < -0.4 is 11.3 Å². The zero-order chi connectivity index (χ0) is 24.7. The van der Waals surface area contributed by atoms with Crippen molar-refractivity contribution in [3.05, 3.63) is 67.0 Å². The fourth-order valence-electron chi connectivity index (χ4n) is 4.03. The van der Waals surface area contributed by atoms with Crippen LogP contribution in [0.5, 0.6) is 0 Å². The summed E-state index contributed by atoms with van der Waals surface area (Å²) in [7, 11) is 1.80. The third kappa shape index (κ3) is 3.90. The van der Waals surface area contributed by atoms with Gasteiger partial charge >= 0.3 is 5.97 Å². The molecule has 5 aromatic rings. The summed E-state index contributed by atoms with van der Waals surface area (Å²) in [5.41, 5.74) is 11.0. The van der Waals surface area contributed by atoms with Crippen molar-refractivity contribution in [1.82, 2.24) is 24.3 Å². The van der Waals surface area contributed by atoms with Gasteiger partial charge in [0, 0.05) is 36.3 Å². The molecule has 35 heavy (non-hydrogen) atoms. The highest BCUT2D eigenvalue weighted by atomic mass is 32.1. The summed E-state index contributed by atoms with van der Waals surface area (Å²) in [4.78, 5) is 35.1. The molecule has 0 aliphatic rings. The molecule has 1 aromatic carbocycles. The maximum absolute atomic E-state index is 13.3. The van der Waals surface area contributed by atoms with Gasteiger partial charge in [-0.05, 0) is 18.6 Å². The van der Waals surface area contributed by atoms with Gasteiger partial charge in [-0.2, -0.15) is 5.10 Å². The first-order valence-corrected chi connectivity index (χ1v) is 12.4. The number of ether oxygens (including phenoxy) is 1. The second kappa shape index (κ2) is 9.04. The second-order valence-corrected chi connectivity index (χ2v) is 9.72. The molecule has 0 atom stereocenters. The van der Waals surface area contributed by atoms with Crippen LogP contribution in [0.2, 0.25) is 0 Å². The predicted octanol–water partition coefficient (Wildman–Crippen LogP) is 3.20. The molecule has 3 N–H and O–H groups in total. The number of hydrogen-bond acceptors (Lipinski definition) is 10. The van der Waals surface area contributed by atoms with E-state index in [0.717, 1.165) is 20.7 Å². The first kappa shape index (κ1) is 22.9. The number of nitrogens with zero attached hydrogens (tertiary/aromatic N) is 5. The number of nitrogens with two attached hydrogens (primary N) is 1. The molecular weight excluding hydrogens is 486 g/mol. The fraction of sp³-hybridized carbons (Fsp3) is 0.217. The van der Waals surface area contributed by atoms with Crippen molar-refractivity contribution in [3.63, 3.8) is 0 Å². The summed E-state index contributed by atoms with van der Waals surface area (Å²) in [6.07, 6.45) is 3.25. The average molecular weight is 508 g/mol. The molecule has 10 nitrogen and oxygen atoms in total. The molecular formula is C23H21N7O3S2. The van der Waals surface area contributed by atoms with E-state index in [1.807, 2.05) is 6.07 Å². The zero-order valence-corrected chi connectivity index (χ0v) is 20.6. The van der Waals surface area contributed by atoms with E-state index in [9.17, 15) is 9.59 Å². The minimum Gasteiger partial charge on any atom is -0.462 e. The Morgan fingerprint density at radius 1 is 1.34 bits per heavy atom. The number of anilines is 1. The average Bonchev–Trinajstić information content (AvgIpc) is 3.53. The zero-order valence-electron chi connectivity index (χ0n) is 18.9. The Bertz CT molecular complexity index is 1660. The van der Waals surface area contributed by atoms with Crippen molar-refractivity contribution >= 4 is 61.8 Å². The summed E-state index contributed by atoms with van der Waals surface area (Å²) in [6, 6.07) is 5.34.